The molecule has 7 heteroatoms. The van der Waals surface area contributed by atoms with Crippen molar-refractivity contribution >= 4 is 11.7 Å². The van der Waals surface area contributed by atoms with Crippen LogP contribution < -0.4 is 5.32 Å². The number of hydrogen-bond donors (Lipinski definition) is 2. The number of hydrogen-bond acceptors (Lipinski definition) is 4. The normalized spacial score (nSPS) is 11.0. The summed E-state index contributed by atoms with van der Waals surface area (Å²) >= 11 is 0. The molecule has 0 saturated carbocycles. The van der Waals surface area contributed by atoms with Gasteiger partial charge in [-0.15, -0.1) is 0 Å². The number of urea groups is 1. The highest BCUT2D eigenvalue weighted by Gasteiger charge is 2.19. The topological polar surface area (TPSA) is 95.7 Å². The van der Waals surface area contributed by atoms with Gasteiger partial charge in [-0.25, -0.2) is 4.79 Å². The summed E-state index contributed by atoms with van der Waals surface area (Å²) in [5.74, 6) is 0. The van der Waals surface area contributed by atoms with Gasteiger partial charge >= 0.3 is 6.03 Å². The number of nitrogens with zero attached hydrogens (tertiary/aromatic N) is 2. The van der Waals surface area contributed by atoms with E-state index in [0.717, 1.165) is 5.56 Å². The van der Waals surface area contributed by atoms with Gasteiger partial charge in [0.25, 0.3) is 5.69 Å². The Hall–Kier alpha value is -2.15. The fourth-order valence-electron chi connectivity index (χ4n) is 1.70. The van der Waals surface area contributed by atoms with E-state index in [1.165, 1.54) is 17.0 Å². The van der Waals surface area contributed by atoms with Crippen LogP contribution >= 0.6 is 0 Å². The van der Waals surface area contributed by atoms with Crippen molar-refractivity contribution in [3.8, 4) is 0 Å². The monoisotopic (exact) mass is 281 g/mol. The lowest BCUT2D eigenvalue weighted by atomic mass is 10.1. The maximum absolute atomic E-state index is 11.8. The van der Waals surface area contributed by atoms with E-state index in [2.05, 4.69) is 5.32 Å². The third kappa shape index (κ3) is 5.23. The highest BCUT2D eigenvalue weighted by atomic mass is 16.6. The average molecular weight is 281 g/mol. The van der Waals surface area contributed by atoms with Gasteiger partial charge in [-0.2, -0.15) is 0 Å². The summed E-state index contributed by atoms with van der Waals surface area (Å²) in [6.45, 7) is 3.71. The number of amides is 2. The first kappa shape index (κ1) is 15.9. The first-order valence-corrected chi connectivity index (χ1v) is 6.14. The molecule has 20 heavy (non-hydrogen) atoms. The smallest absolute Gasteiger partial charge is 0.317 e. The molecule has 1 aromatic rings. The minimum absolute atomic E-state index is 0.0132. The largest absolute Gasteiger partial charge is 0.389 e. The first-order chi connectivity index (χ1) is 9.19. The number of benzene rings is 1. The second-order valence-electron chi connectivity index (χ2n) is 5.25. The molecule has 110 valence electrons. The van der Waals surface area contributed by atoms with Gasteiger partial charge in [-0.3, -0.25) is 10.1 Å². The van der Waals surface area contributed by atoms with Crippen molar-refractivity contribution in [1.29, 1.82) is 0 Å². The minimum Gasteiger partial charge on any atom is -0.389 e. The Morgan fingerprint density at radius 1 is 1.40 bits per heavy atom. The quantitative estimate of drug-likeness (QED) is 0.631. The third-order valence-electron chi connectivity index (χ3n) is 2.56. The molecule has 0 radical (unpaired) electrons. The van der Waals surface area contributed by atoms with Crippen LogP contribution in [0, 0.1) is 10.1 Å². The van der Waals surface area contributed by atoms with Crippen molar-refractivity contribution in [3.05, 3.63) is 39.9 Å². The van der Waals surface area contributed by atoms with Crippen LogP contribution in [0.5, 0.6) is 0 Å². The van der Waals surface area contributed by atoms with E-state index in [-0.39, 0.29) is 24.8 Å². The molecule has 0 saturated heterocycles. The van der Waals surface area contributed by atoms with Gasteiger partial charge in [0, 0.05) is 25.7 Å². The number of nitro benzene ring substituents is 1. The van der Waals surface area contributed by atoms with Crippen molar-refractivity contribution in [1.82, 2.24) is 10.2 Å². The van der Waals surface area contributed by atoms with Crippen LogP contribution in [-0.2, 0) is 6.54 Å². The molecule has 0 aliphatic carbocycles. The minimum atomic E-state index is -0.959. The molecule has 0 unspecified atom stereocenters. The van der Waals surface area contributed by atoms with Gasteiger partial charge in [-0.05, 0) is 19.4 Å². The van der Waals surface area contributed by atoms with Crippen LogP contribution in [-0.4, -0.2) is 40.2 Å². The van der Waals surface area contributed by atoms with Gasteiger partial charge in [0.15, 0.2) is 0 Å². The number of nitro groups is 1. The molecule has 0 atom stereocenters. The van der Waals surface area contributed by atoms with E-state index in [1.807, 2.05) is 0 Å². The number of carbonyl (C=O) groups is 1. The van der Waals surface area contributed by atoms with Gasteiger partial charge < -0.3 is 15.3 Å². The number of rotatable bonds is 5. The molecule has 0 spiro atoms. The summed E-state index contributed by atoms with van der Waals surface area (Å²) in [4.78, 5) is 23.2. The summed E-state index contributed by atoms with van der Waals surface area (Å²) in [6.07, 6.45) is 0. The summed E-state index contributed by atoms with van der Waals surface area (Å²) in [5.41, 5.74) is -0.181. The second-order valence-corrected chi connectivity index (χ2v) is 5.25. The highest BCUT2D eigenvalue weighted by molar-refractivity contribution is 5.73. The van der Waals surface area contributed by atoms with Gasteiger partial charge in [0.2, 0.25) is 0 Å². The zero-order valence-electron chi connectivity index (χ0n) is 11.8. The van der Waals surface area contributed by atoms with Crippen LogP contribution in [0.1, 0.15) is 19.4 Å². The predicted octanol–water partition coefficient (Wildman–Crippen LogP) is 1.51. The number of aliphatic hydroxyl groups is 1. The van der Waals surface area contributed by atoms with Crippen LogP contribution in [0.4, 0.5) is 10.5 Å². The molecule has 0 aliphatic heterocycles. The molecule has 0 aromatic heterocycles. The maximum atomic E-state index is 11.8. The predicted molar refractivity (Wildman–Crippen MR) is 74.3 cm³/mol. The van der Waals surface area contributed by atoms with Crippen LogP contribution in [0.25, 0.3) is 0 Å². The van der Waals surface area contributed by atoms with Crippen molar-refractivity contribution in [2.45, 2.75) is 26.0 Å². The number of carbonyl (C=O) groups excluding carboxylic acids is 1. The van der Waals surface area contributed by atoms with E-state index < -0.39 is 10.5 Å². The fraction of sp³-hybridized carbons (Fsp3) is 0.462. The summed E-state index contributed by atoms with van der Waals surface area (Å²) in [6, 6.07) is 5.65. The molecule has 7 nitrogen and oxygen atoms in total. The Kier molecular flexibility index (Phi) is 5.04. The molecular weight excluding hydrogens is 262 g/mol. The molecule has 1 aromatic carbocycles. The number of non-ortho nitro benzene ring substituents is 1. The lowest BCUT2D eigenvalue weighted by Gasteiger charge is -2.25. The standard InChI is InChI=1S/C13H19N3O4/c1-13(2,18)9-15(3)12(17)14-8-10-4-6-11(7-5-10)16(19)20/h4-7,18H,8-9H2,1-3H3,(H,14,17). The SMILES string of the molecule is CN(CC(C)(C)O)C(=O)NCc1ccc([N+](=O)[O-])cc1. The van der Waals surface area contributed by atoms with Crippen molar-refractivity contribution < 1.29 is 14.8 Å². The lowest BCUT2D eigenvalue weighted by Crippen LogP contribution is -2.44. The fourth-order valence-corrected chi connectivity index (χ4v) is 1.70. The molecular formula is C13H19N3O4. The highest BCUT2D eigenvalue weighted by Crippen LogP contribution is 2.11. The molecule has 1 rings (SSSR count). The molecule has 0 fully saturated rings. The van der Waals surface area contributed by atoms with Crippen molar-refractivity contribution in [2.75, 3.05) is 13.6 Å². The van der Waals surface area contributed by atoms with Crippen LogP contribution in [0.3, 0.4) is 0 Å². The molecule has 2 N–H and O–H groups in total. The number of nitrogens with one attached hydrogen (secondary N) is 1. The van der Waals surface area contributed by atoms with Crippen LogP contribution in [0.2, 0.25) is 0 Å². The maximum Gasteiger partial charge on any atom is 0.317 e. The van der Waals surface area contributed by atoms with E-state index in [9.17, 15) is 20.0 Å². The zero-order valence-corrected chi connectivity index (χ0v) is 11.8. The summed E-state index contributed by atoms with van der Waals surface area (Å²) in [7, 11) is 1.59. The number of likely N-dealkylation sites (N-methyl/N-ethyl adjacent to an activating group) is 1. The van der Waals surface area contributed by atoms with E-state index in [0.29, 0.717) is 0 Å². The molecule has 2 amide bonds. The summed E-state index contributed by atoms with van der Waals surface area (Å²) in [5, 5.41) is 22.8. The molecule has 0 aliphatic rings. The third-order valence-corrected chi connectivity index (χ3v) is 2.56. The van der Waals surface area contributed by atoms with Gasteiger partial charge in [-0.1, -0.05) is 12.1 Å². The first-order valence-electron chi connectivity index (χ1n) is 6.14. The van der Waals surface area contributed by atoms with E-state index in [4.69, 9.17) is 0 Å². The van der Waals surface area contributed by atoms with E-state index >= 15 is 0 Å². The Morgan fingerprint density at radius 2 is 1.95 bits per heavy atom. The Bertz CT molecular complexity index is 479. The van der Waals surface area contributed by atoms with E-state index in [1.54, 1.807) is 33.0 Å². The average Bonchev–Trinajstić information content (AvgIpc) is 2.34. The Balaban J connectivity index is 2.50. The van der Waals surface area contributed by atoms with Gasteiger partial charge in [0.05, 0.1) is 17.1 Å². The molecule has 0 heterocycles. The summed E-state index contributed by atoms with van der Waals surface area (Å²) < 4.78 is 0. The zero-order chi connectivity index (χ0) is 15.3. The lowest BCUT2D eigenvalue weighted by molar-refractivity contribution is -0.384. The van der Waals surface area contributed by atoms with Crippen molar-refractivity contribution in [3.63, 3.8) is 0 Å². The Labute approximate surface area is 117 Å². The second kappa shape index (κ2) is 6.33. The van der Waals surface area contributed by atoms with Crippen LogP contribution in [0.15, 0.2) is 24.3 Å². The Morgan fingerprint density at radius 3 is 2.40 bits per heavy atom. The van der Waals surface area contributed by atoms with Crippen molar-refractivity contribution in [2.24, 2.45) is 0 Å². The van der Waals surface area contributed by atoms with Gasteiger partial charge in [0.1, 0.15) is 0 Å². The molecule has 0 bridgehead atoms.